The first-order chi connectivity index (χ1) is 12.0. The minimum atomic E-state index is -0.446. The number of fused-ring (bicyclic) bond motifs is 1. The molecule has 0 aliphatic rings. The summed E-state index contributed by atoms with van der Waals surface area (Å²) in [6.07, 6.45) is 1.03. The van der Waals surface area contributed by atoms with Crippen molar-refractivity contribution in [2.24, 2.45) is 4.99 Å². The van der Waals surface area contributed by atoms with Crippen LogP contribution in [0, 0.1) is 0 Å². The summed E-state index contributed by atoms with van der Waals surface area (Å²) in [6.45, 7) is 3.86. The van der Waals surface area contributed by atoms with E-state index in [9.17, 15) is 14.4 Å². The molecule has 0 saturated carbocycles. The number of nitrogens with zero attached hydrogens (tertiary/aromatic N) is 2. The Morgan fingerprint density at radius 3 is 2.64 bits per heavy atom. The highest BCUT2D eigenvalue weighted by molar-refractivity contribution is 7.16. The molecule has 25 heavy (non-hydrogen) atoms. The van der Waals surface area contributed by atoms with Crippen molar-refractivity contribution in [3.63, 3.8) is 0 Å². The predicted octanol–water partition coefficient (Wildman–Crippen LogP) is 2.28. The molecule has 0 unspecified atom stereocenters. The number of carbonyl (C=O) groups excluding carboxylic acids is 3. The predicted molar refractivity (Wildman–Crippen MR) is 93.3 cm³/mol. The maximum Gasteiger partial charge on any atom is 0.338 e. The van der Waals surface area contributed by atoms with Gasteiger partial charge in [0.15, 0.2) is 4.80 Å². The summed E-state index contributed by atoms with van der Waals surface area (Å²) < 4.78 is 12.1. The van der Waals surface area contributed by atoms with Crippen molar-refractivity contribution in [2.75, 3.05) is 13.7 Å². The van der Waals surface area contributed by atoms with E-state index in [0.29, 0.717) is 28.7 Å². The molecule has 0 radical (unpaired) electrons. The summed E-state index contributed by atoms with van der Waals surface area (Å²) in [4.78, 5) is 40.0. The SMILES string of the molecule is CCCC(=O)N=c1sc2cc(C(=O)OCC)ccc2n1CC(=O)OC. The highest BCUT2D eigenvalue weighted by Gasteiger charge is 2.14. The highest BCUT2D eigenvalue weighted by Crippen LogP contribution is 2.20. The van der Waals surface area contributed by atoms with Crippen LogP contribution < -0.4 is 4.80 Å². The quantitative estimate of drug-likeness (QED) is 0.734. The number of esters is 2. The van der Waals surface area contributed by atoms with Gasteiger partial charge in [0.2, 0.25) is 5.91 Å². The molecule has 0 saturated heterocycles. The van der Waals surface area contributed by atoms with Crippen LogP contribution in [-0.4, -0.2) is 36.1 Å². The molecule has 1 heterocycles. The maximum absolute atomic E-state index is 11.9. The van der Waals surface area contributed by atoms with Crippen LogP contribution in [0.1, 0.15) is 37.0 Å². The van der Waals surface area contributed by atoms with Crippen molar-refractivity contribution in [2.45, 2.75) is 33.2 Å². The lowest BCUT2D eigenvalue weighted by Crippen LogP contribution is -2.22. The van der Waals surface area contributed by atoms with Gasteiger partial charge in [0.25, 0.3) is 0 Å². The number of hydrogen-bond acceptors (Lipinski definition) is 6. The second kappa shape index (κ2) is 8.57. The average molecular weight is 364 g/mol. The van der Waals surface area contributed by atoms with Crippen molar-refractivity contribution in [3.05, 3.63) is 28.6 Å². The fourth-order valence-corrected chi connectivity index (χ4v) is 3.31. The Morgan fingerprint density at radius 1 is 1.24 bits per heavy atom. The normalized spacial score (nSPS) is 11.6. The summed E-state index contributed by atoms with van der Waals surface area (Å²) in [6, 6.07) is 5.01. The average Bonchev–Trinajstić information content (AvgIpc) is 2.91. The number of rotatable bonds is 6. The fourth-order valence-electron chi connectivity index (χ4n) is 2.22. The molecule has 1 aromatic carbocycles. The van der Waals surface area contributed by atoms with Gasteiger partial charge in [-0.15, -0.1) is 0 Å². The number of hydrogen-bond donors (Lipinski definition) is 0. The van der Waals surface area contributed by atoms with Gasteiger partial charge in [-0.2, -0.15) is 4.99 Å². The second-order valence-corrected chi connectivity index (χ2v) is 6.21. The first-order valence-corrected chi connectivity index (χ1v) is 8.76. The van der Waals surface area contributed by atoms with Gasteiger partial charge < -0.3 is 14.0 Å². The first-order valence-electron chi connectivity index (χ1n) is 7.95. The van der Waals surface area contributed by atoms with Crippen LogP contribution in [0.2, 0.25) is 0 Å². The monoisotopic (exact) mass is 364 g/mol. The largest absolute Gasteiger partial charge is 0.468 e. The zero-order chi connectivity index (χ0) is 18.4. The standard InChI is InChI=1S/C17H20N2O5S/c1-4-6-14(20)18-17-19(10-15(21)23-3)12-8-7-11(9-13(12)25-17)16(22)24-5-2/h7-9H,4-6,10H2,1-3H3. The van der Waals surface area contributed by atoms with Crippen LogP contribution in [0.25, 0.3) is 10.2 Å². The minimum absolute atomic E-state index is 0.0620. The number of ether oxygens (including phenoxy) is 2. The Balaban J connectivity index is 2.57. The molecule has 0 atom stereocenters. The summed E-state index contributed by atoms with van der Waals surface area (Å²) >= 11 is 1.24. The van der Waals surface area contributed by atoms with Crippen LogP contribution in [0.15, 0.2) is 23.2 Å². The lowest BCUT2D eigenvalue weighted by molar-refractivity contribution is -0.141. The molecular formula is C17H20N2O5S. The van der Waals surface area contributed by atoms with E-state index in [1.54, 1.807) is 29.7 Å². The molecule has 7 nitrogen and oxygen atoms in total. The molecule has 0 N–H and O–H groups in total. The van der Waals surface area contributed by atoms with Gasteiger partial charge in [0.1, 0.15) is 6.54 Å². The summed E-state index contributed by atoms with van der Waals surface area (Å²) in [5, 5.41) is 0. The van der Waals surface area contributed by atoms with Crippen LogP contribution in [-0.2, 0) is 25.6 Å². The Labute approximate surface area is 148 Å². The third-order valence-electron chi connectivity index (χ3n) is 3.39. The van der Waals surface area contributed by atoms with Crippen LogP contribution in [0.4, 0.5) is 0 Å². The Bertz CT molecular complexity index is 866. The molecule has 2 rings (SSSR count). The Morgan fingerprint density at radius 2 is 2.00 bits per heavy atom. The van der Waals surface area contributed by atoms with E-state index in [-0.39, 0.29) is 19.1 Å². The molecule has 2 aromatic rings. The molecule has 0 aliphatic heterocycles. The fraction of sp³-hybridized carbons (Fsp3) is 0.412. The van der Waals surface area contributed by atoms with Gasteiger partial charge in [-0.25, -0.2) is 4.79 Å². The summed E-state index contributed by atoms with van der Waals surface area (Å²) in [5.74, 6) is -1.12. The third kappa shape index (κ3) is 4.54. The molecule has 134 valence electrons. The number of carbonyl (C=O) groups is 3. The van der Waals surface area contributed by atoms with Crippen molar-refractivity contribution < 1.29 is 23.9 Å². The first kappa shape index (κ1) is 18.9. The topological polar surface area (TPSA) is 87.0 Å². The van der Waals surface area contributed by atoms with E-state index in [2.05, 4.69) is 4.99 Å². The maximum atomic E-state index is 11.9. The van der Waals surface area contributed by atoms with Gasteiger partial charge in [-0.3, -0.25) is 9.59 Å². The van der Waals surface area contributed by atoms with Crippen molar-refractivity contribution in [1.29, 1.82) is 0 Å². The van der Waals surface area contributed by atoms with Crippen LogP contribution >= 0.6 is 11.3 Å². The lowest BCUT2D eigenvalue weighted by atomic mass is 10.2. The lowest BCUT2D eigenvalue weighted by Gasteiger charge is -2.05. The van der Waals surface area contributed by atoms with Gasteiger partial charge in [0.05, 0.1) is 29.5 Å². The Hall–Kier alpha value is -2.48. The van der Waals surface area contributed by atoms with Crippen LogP contribution in [0.3, 0.4) is 0 Å². The van der Waals surface area contributed by atoms with Crippen molar-refractivity contribution in [1.82, 2.24) is 4.57 Å². The highest BCUT2D eigenvalue weighted by atomic mass is 32.1. The van der Waals surface area contributed by atoms with E-state index < -0.39 is 11.9 Å². The third-order valence-corrected chi connectivity index (χ3v) is 4.43. The molecule has 8 heteroatoms. The van der Waals surface area contributed by atoms with Gasteiger partial charge in [0, 0.05) is 6.42 Å². The smallest absolute Gasteiger partial charge is 0.338 e. The van der Waals surface area contributed by atoms with Crippen LogP contribution in [0.5, 0.6) is 0 Å². The van der Waals surface area contributed by atoms with E-state index in [1.807, 2.05) is 6.92 Å². The zero-order valence-electron chi connectivity index (χ0n) is 14.4. The van der Waals surface area contributed by atoms with Crippen molar-refractivity contribution >= 4 is 39.4 Å². The summed E-state index contributed by atoms with van der Waals surface area (Å²) in [7, 11) is 1.30. The van der Waals surface area contributed by atoms with E-state index >= 15 is 0 Å². The van der Waals surface area contributed by atoms with Crippen molar-refractivity contribution in [3.8, 4) is 0 Å². The number of amides is 1. The second-order valence-electron chi connectivity index (χ2n) is 5.21. The molecule has 0 fully saturated rings. The van der Waals surface area contributed by atoms with Gasteiger partial charge in [-0.05, 0) is 31.5 Å². The minimum Gasteiger partial charge on any atom is -0.468 e. The molecule has 0 bridgehead atoms. The number of aromatic nitrogens is 1. The van der Waals surface area contributed by atoms with E-state index in [0.717, 1.165) is 4.70 Å². The molecule has 0 aliphatic carbocycles. The van der Waals surface area contributed by atoms with E-state index in [4.69, 9.17) is 9.47 Å². The summed E-state index contributed by atoms with van der Waals surface area (Å²) in [5.41, 5.74) is 1.11. The number of thiazole rings is 1. The molecular weight excluding hydrogens is 344 g/mol. The molecule has 0 spiro atoms. The van der Waals surface area contributed by atoms with Gasteiger partial charge >= 0.3 is 11.9 Å². The van der Waals surface area contributed by atoms with Gasteiger partial charge in [-0.1, -0.05) is 18.3 Å². The Kier molecular flexibility index (Phi) is 6.46. The molecule has 1 amide bonds. The molecule has 1 aromatic heterocycles. The zero-order valence-corrected chi connectivity index (χ0v) is 15.2. The number of methoxy groups -OCH3 is 1. The number of benzene rings is 1. The van der Waals surface area contributed by atoms with E-state index in [1.165, 1.54) is 18.4 Å².